The molecule has 0 aliphatic rings. The topological polar surface area (TPSA) is 46.2 Å². The highest BCUT2D eigenvalue weighted by atomic mass is 32.2. The van der Waals surface area contributed by atoms with Crippen LogP contribution in [0.2, 0.25) is 0 Å². The van der Waals surface area contributed by atoms with Gasteiger partial charge in [0.2, 0.25) is 6.43 Å². The number of aliphatic hydroxyl groups excluding tert-OH is 1. The maximum absolute atomic E-state index is 11.9. The summed E-state index contributed by atoms with van der Waals surface area (Å²) in [4.78, 5) is 0.767. The number of halogens is 2. The zero-order valence-corrected chi connectivity index (χ0v) is 8.88. The van der Waals surface area contributed by atoms with Gasteiger partial charge >= 0.3 is 0 Å². The SMILES string of the molecule is NCC(O)c1ccc(SCC(F)F)cc1. The number of alkyl halides is 2. The van der Waals surface area contributed by atoms with Crippen LogP contribution in [-0.4, -0.2) is 23.8 Å². The highest BCUT2D eigenvalue weighted by Gasteiger charge is 2.06. The average Bonchev–Trinajstić information content (AvgIpc) is 2.26. The van der Waals surface area contributed by atoms with Crippen LogP contribution >= 0.6 is 11.8 Å². The van der Waals surface area contributed by atoms with Crippen molar-refractivity contribution in [3.63, 3.8) is 0 Å². The van der Waals surface area contributed by atoms with Crippen LogP contribution in [0.1, 0.15) is 11.7 Å². The van der Waals surface area contributed by atoms with Gasteiger partial charge in [0, 0.05) is 11.4 Å². The van der Waals surface area contributed by atoms with Crippen molar-refractivity contribution in [3.05, 3.63) is 29.8 Å². The Bertz CT molecular complexity index is 292. The molecule has 0 spiro atoms. The molecule has 84 valence electrons. The Morgan fingerprint density at radius 3 is 2.33 bits per heavy atom. The number of thioether (sulfide) groups is 1. The fraction of sp³-hybridized carbons (Fsp3) is 0.400. The summed E-state index contributed by atoms with van der Waals surface area (Å²) in [6, 6.07) is 6.82. The summed E-state index contributed by atoms with van der Waals surface area (Å²) in [6.45, 7) is 0.156. The third-order valence-corrected chi connectivity index (χ3v) is 2.89. The van der Waals surface area contributed by atoms with Crippen molar-refractivity contribution >= 4 is 11.8 Å². The number of aliphatic hydroxyl groups is 1. The van der Waals surface area contributed by atoms with E-state index in [0.717, 1.165) is 16.7 Å². The molecule has 0 aliphatic carbocycles. The van der Waals surface area contributed by atoms with Crippen molar-refractivity contribution in [2.75, 3.05) is 12.3 Å². The maximum Gasteiger partial charge on any atom is 0.247 e. The second kappa shape index (κ2) is 6.05. The molecule has 0 saturated heterocycles. The first-order valence-electron chi connectivity index (χ1n) is 4.52. The highest BCUT2D eigenvalue weighted by Crippen LogP contribution is 2.22. The molecule has 0 radical (unpaired) electrons. The van der Waals surface area contributed by atoms with Crippen molar-refractivity contribution in [2.45, 2.75) is 17.4 Å². The fourth-order valence-electron chi connectivity index (χ4n) is 1.08. The number of hydrogen-bond acceptors (Lipinski definition) is 3. The van der Waals surface area contributed by atoms with Gasteiger partial charge in [-0.15, -0.1) is 11.8 Å². The van der Waals surface area contributed by atoms with E-state index in [1.54, 1.807) is 24.3 Å². The fourth-order valence-corrected chi connectivity index (χ4v) is 1.73. The van der Waals surface area contributed by atoms with Crippen LogP contribution in [0.4, 0.5) is 8.78 Å². The van der Waals surface area contributed by atoms with Crippen molar-refractivity contribution in [2.24, 2.45) is 5.73 Å². The monoisotopic (exact) mass is 233 g/mol. The molecule has 1 atom stereocenters. The quantitative estimate of drug-likeness (QED) is 0.765. The van der Waals surface area contributed by atoms with Crippen molar-refractivity contribution in [1.29, 1.82) is 0 Å². The molecule has 15 heavy (non-hydrogen) atoms. The minimum atomic E-state index is -2.30. The molecule has 0 saturated carbocycles. The smallest absolute Gasteiger partial charge is 0.247 e. The molecule has 1 unspecified atom stereocenters. The Morgan fingerprint density at radius 2 is 1.87 bits per heavy atom. The molecule has 0 aliphatic heterocycles. The molecule has 2 nitrogen and oxygen atoms in total. The van der Waals surface area contributed by atoms with Gasteiger partial charge < -0.3 is 10.8 Å². The van der Waals surface area contributed by atoms with Crippen molar-refractivity contribution < 1.29 is 13.9 Å². The lowest BCUT2D eigenvalue weighted by molar-refractivity contribution is 0.177. The van der Waals surface area contributed by atoms with E-state index in [0.29, 0.717) is 5.56 Å². The Kier molecular flexibility index (Phi) is 5.01. The van der Waals surface area contributed by atoms with Gasteiger partial charge in [-0.1, -0.05) is 12.1 Å². The van der Waals surface area contributed by atoms with E-state index in [2.05, 4.69) is 0 Å². The zero-order valence-electron chi connectivity index (χ0n) is 8.07. The van der Waals surface area contributed by atoms with Gasteiger partial charge in [-0.3, -0.25) is 0 Å². The van der Waals surface area contributed by atoms with Crippen LogP contribution in [0.15, 0.2) is 29.2 Å². The maximum atomic E-state index is 11.9. The molecule has 0 amide bonds. The lowest BCUT2D eigenvalue weighted by Gasteiger charge is -2.08. The average molecular weight is 233 g/mol. The molecule has 0 bridgehead atoms. The van der Waals surface area contributed by atoms with Gasteiger partial charge in [0.05, 0.1) is 11.9 Å². The van der Waals surface area contributed by atoms with E-state index in [-0.39, 0.29) is 12.3 Å². The summed E-state index contributed by atoms with van der Waals surface area (Å²) in [7, 11) is 0. The third kappa shape index (κ3) is 4.15. The lowest BCUT2D eigenvalue weighted by Crippen LogP contribution is -2.11. The van der Waals surface area contributed by atoms with Gasteiger partial charge in [0.15, 0.2) is 0 Å². The first-order chi connectivity index (χ1) is 7.13. The molecule has 5 heteroatoms. The van der Waals surface area contributed by atoms with E-state index < -0.39 is 12.5 Å². The van der Waals surface area contributed by atoms with E-state index in [1.807, 2.05) is 0 Å². The number of nitrogens with two attached hydrogens (primary N) is 1. The van der Waals surface area contributed by atoms with Crippen LogP contribution in [0.25, 0.3) is 0 Å². The highest BCUT2D eigenvalue weighted by molar-refractivity contribution is 7.99. The van der Waals surface area contributed by atoms with Gasteiger partial charge in [-0.2, -0.15) is 0 Å². The Morgan fingerprint density at radius 1 is 1.27 bits per heavy atom. The molecular formula is C10H13F2NOS. The molecule has 0 fully saturated rings. The molecule has 0 heterocycles. The summed E-state index contributed by atoms with van der Waals surface area (Å²) in [5, 5.41) is 9.39. The van der Waals surface area contributed by atoms with Crippen molar-refractivity contribution in [1.82, 2.24) is 0 Å². The van der Waals surface area contributed by atoms with Gasteiger partial charge in [0.25, 0.3) is 0 Å². The third-order valence-electron chi connectivity index (χ3n) is 1.86. The lowest BCUT2D eigenvalue weighted by atomic mass is 10.1. The Hall–Kier alpha value is -0.650. The standard InChI is InChI=1S/C10H13F2NOS/c11-10(12)6-15-8-3-1-7(2-4-8)9(14)5-13/h1-4,9-10,14H,5-6,13H2. The predicted molar refractivity (Wildman–Crippen MR) is 57.2 cm³/mol. The summed E-state index contributed by atoms with van der Waals surface area (Å²) < 4.78 is 23.8. The van der Waals surface area contributed by atoms with Crippen molar-refractivity contribution in [3.8, 4) is 0 Å². The minimum absolute atomic E-state index is 0.156. The molecule has 0 aromatic heterocycles. The van der Waals surface area contributed by atoms with Crippen LogP contribution in [-0.2, 0) is 0 Å². The van der Waals surface area contributed by atoms with E-state index in [4.69, 9.17) is 5.73 Å². The molecule has 3 N–H and O–H groups in total. The van der Waals surface area contributed by atoms with Crippen LogP contribution in [0, 0.1) is 0 Å². The molecule has 1 rings (SSSR count). The summed E-state index contributed by atoms with van der Waals surface area (Å²) in [5.41, 5.74) is 5.99. The number of hydrogen-bond donors (Lipinski definition) is 2. The largest absolute Gasteiger partial charge is 0.387 e. The predicted octanol–water partition coefficient (Wildman–Crippen LogP) is 2.04. The normalized spacial score (nSPS) is 13.1. The summed E-state index contributed by atoms with van der Waals surface area (Å²) in [6.07, 6.45) is -2.98. The second-order valence-electron chi connectivity index (χ2n) is 3.02. The second-order valence-corrected chi connectivity index (χ2v) is 4.12. The van der Waals surface area contributed by atoms with E-state index in [9.17, 15) is 13.9 Å². The van der Waals surface area contributed by atoms with Gasteiger partial charge in [-0.05, 0) is 17.7 Å². The number of benzene rings is 1. The molecular weight excluding hydrogens is 220 g/mol. The van der Waals surface area contributed by atoms with Gasteiger partial charge in [0.1, 0.15) is 0 Å². The van der Waals surface area contributed by atoms with Crippen LogP contribution in [0.5, 0.6) is 0 Å². The molecule has 1 aromatic carbocycles. The van der Waals surface area contributed by atoms with E-state index in [1.165, 1.54) is 0 Å². The minimum Gasteiger partial charge on any atom is -0.387 e. The summed E-state index contributed by atoms with van der Waals surface area (Å²) >= 11 is 1.09. The molecule has 1 aromatic rings. The first kappa shape index (κ1) is 12.4. The zero-order chi connectivity index (χ0) is 11.3. The van der Waals surface area contributed by atoms with Gasteiger partial charge in [-0.25, -0.2) is 8.78 Å². The first-order valence-corrected chi connectivity index (χ1v) is 5.51. The Labute approximate surface area is 91.5 Å². The number of rotatable bonds is 5. The Balaban J connectivity index is 2.56. The van der Waals surface area contributed by atoms with E-state index >= 15 is 0 Å². The van der Waals surface area contributed by atoms with Crippen LogP contribution < -0.4 is 5.73 Å². The summed E-state index contributed by atoms with van der Waals surface area (Å²) in [5.74, 6) is -0.210. The van der Waals surface area contributed by atoms with Crippen LogP contribution in [0.3, 0.4) is 0 Å².